The molecule has 0 saturated carbocycles. The highest BCUT2D eigenvalue weighted by Crippen LogP contribution is 2.28. The van der Waals surface area contributed by atoms with Crippen LogP contribution in [0.25, 0.3) is 0 Å². The van der Waals surface area contributed by atoms with Crippen molar-refractivity contribution in [3.05, 3.63) is 29.2 Å². The molecule has 1 fully saturated rings. The molecule has 1 amide bonds. The van der Waals surface area contributed by atoms with Gasteiger partial charge in [0.1, 0.15) is 5.69 Å². The van der Waals surface area contributed by atoms with Crippen molar-refractivity contribution < 1.29 is 4.79 Å². The molecule has 1 aliphatic rings. The van der Waals surface area contributed by atoms with Crippen LogP contribution in [-0.4, -0.2) is 37.0 Å². The van der Waals surface area contributed by atoms with E-state index >= 15 is 0 Å². The molecule has 0 radical (unpaired) electrons. The first-order valence-corrected chi connectivity index (χ1v) is 5.71. The summed E-state index contributed by atoms with van der Waals surface area (Å²) in [6, 6.07) is 7.11. The first-order chi connectivity index (χ1) is 8.26. The number of likely N-dealkylation sites (N-methyl/N-ethyl adjacent to an activating group) is 1. The number of nitroso groups, excluding NO2 is 1. The van der Waals surface area contributed by atoms with E-state index in [1.165, 1.54) is 0 Å². The first-order valence-electron chi connectivity index (χ1n) is 5.71. The summed E-state index contributed by atoms with van der Waals surface area (Å²) >= 11 is 0. The topological polar surface area (TPSA) is 53.0 Å². The van der Waals surface area contributed by atoms with Crippen LogP contribution in [0.4, 0.5) is 11.4 Å². The van der Waals surface area contributed by atoms with Gasteiger partial charge in [-0.15, -0.1) is 4.91 Å². The Morgan fingerprint density at radius 1 is 1.29 bits per heavy atom. The molecule has 5 nitrogen and oxygen atoms in total. The minimum absolute atomic E-state index is 0.0967. The lowest BCUT2D eigenvalue weighted by Gasteiger charge is -2.35. The Morgan fingerprint density at radius 3 is 2.71 bits per heavy atom. The molecular formula is C12H15N3O2. The van der Waals surface area contributed by atoms with Crippen LogP contribution in [0.2, 0.25) is 0 Å². The van der Waals surface area contributed by atoms with Crippen molar-refractivity contribution in [1.29, 1.82) is 0 Å². The zero-order chi connectivity index (χ0) is 12.3. The summed E-state index contributed by atoms with van der Waals surface area (Å²) in [5, 5.41) is 2.99. The second kappa shape index (κ2) is 4.95. The average Bonchev–Trinajstić information content (AvgIpc) is 2.38. The molecule has 5 heteroatoms. The van der Waals surface area contributed by atoms with Crippen LogP contribution >= 0.6 is 0 Å². The third kappa shape index (κ3) is 2.27. The summed E-state index contributed by atoms with van der Waals surface area (Å²) in [5.74, 6) is 0.0967. The number of carbonyl (C=O) groups is 1. The molecule has 1 aromatic rings. The number of hydrogen-bond donors (Lipinski definition) is 0. The molecule has 1 saturated heterocycles. The Morgan fingerprint density at radius 2 is 2.06 bits per heavy atom. The van der Waals surface area contributed by atoms with Gasteiger partial charge < -0.3 is 9.80 Å². The maximum Gasteiger partial charge on any atom is 0.242 e. The lowest BCUT2D eigenvalue weighted by molar-refractivity contribution is -0.130. The molecule has 0 bridgehead atoms. The molecule has 0 atom stereocenters. The summed E-state index contributed by atoms with van der Waals surface area (Å²) in [5.41, 5.74) is 1.14. The van der Waals surface area contributed by atoms with Gasteiger partial charge in [-0.05, 0) is 24.2 Å². The van der Waals surface area contributed by atoms with E-state index in [2.05, 4.69) is 5.18 Å². The highest BCUT2D eigenvalue weighted by molar-refractivity contribution is 5.84. The van der Waals surface area contributed by atoms with Crippen LogP contribution in [0.3, 0.4) is 0 Å². The average molecular weight is 233 g/mol. The van der Waals surface area contributed by atoms with Gasteiger partial charge in [0.2, 0.25) is 5.91 Å². The molecule has 1 aliphatic heterocycles. The van der Waals surface area contributed by atoms with E-state index in [1.54, 1.807) is 12.1 Å². The van der Waals surface area contributed by atoms with Gasteiger partial charge in [-0.2, -0.15) is 0 Å². The lowest BCUT2D eigenvalue weighted by Crippen LogP contribution is -2.50. The highest BCUT2D eigenvalue weighted by Gasteiger charge is 2.24. The molecule has 0 aromatic heterocycles. The predicted octanol–water partition coefficient (Wildman–Crippen LogP) is 1.75. The van der Waals surface area contributed by atoms with Crippen molar-refractivity contribution in [2.75, 3.05) is 31.1 Å². The molecule has 0 spiro atoms. The Balaban J connectivity index is 2.19. The van der Waals surface area contributed by atoms with E-state index in [0.29, 0.717) is 18.8 Å². The van der Waals surface area contributed by atoms with Gasteiger partial charge >= 0.3 is 0 Å². The Labute approximate surface area is 100.0 Å². The minimum atomic E-state index is 0.0967. The second-order valence-electron chi connectivity index (χ2n) is 3.97. The van der Waals surface area contributed by atoms with E-state index in [1.807, 2.05) is 28.9 Å². The van der Waals surface area contributed by atoms with Crippen molar-refractivity contribution >= 4 is 17.3 Å². The number of anilines is 1. The molecule has 1 heterocycles. The Hall–Kier alpha value is -1.91. The smallest absolute Gasteiger partial charge is 0.242 e. The number of benzene rings is 1. The number of nitrogens with zero attached hydrogens (tertiary/aromatic N) is 3. The quantitative estimate of drug-likeness (QED) is 0.747. The normalized spacial score (nSPS) is 16.2. The second-order valence-corrected chi connectivity index (χ2v) is 3.97. The van der Waals surface area contributed by atoms with Crippen LogP contribution in [0, 0.1) is 4.91 Å². The SMILES string of the molecule is CCN1CCN(c2ccccc2N=O)CC1=O. The van der Waals surface area contributed by atoms with Crippen molar-refractivity contribution in [1.82, 2.24) is 4.90 Å². The van der Waals surface area contributed by atoms with Gasteiger partial charge in [-0.3, -0.25) is 4.79 Å². The number of para-hydroxylation sites is 1. The maximum atomic E-state index is 11.8. The molecular weight excluding hydrogens is 218 g/mol. The standard InChI is InChI=1S/C12H15N3O2/c1-2-14-7-8-15(9-12(14)16)11-6-4-3-5-10(11)13-17/h3-6H,2,7-9H2,1H3. The number of rotatable bonds is 3. The molecule has 1 aromatic carbocycles. The summed E-state index contributed by atoms with van der Waals surface area (Å²) in [6.07, 6.45) is 0. The molecule has 2 rings (SSSR count). The third-order valence-electron chi connectivity index (χ3n) is 3.02. The summed E-state index contributed by atoms with van der Waals surface area (Å²) in [4.78, 5) is 26.2. The molecule has 17 heavy (non-hydrogen) atoms. The summed E-state index contributed by atoms with van der Waals surface area (Å²) in [7, 11) is 0. The maximum absolute atomic E-state index is 11.8. The molecule has 0 aliphatic carbocycles. The van der Waals surface area contributed by atoms with E-state index in [0.717, 1.165) is 18.8 Å². The van der Waals surface area contributed by atoms with E-state index < -0.39 is 0 Å². The van der Waals surface area contributed by atoms with Crippen molar-refractivity contribution in [2.45, 2.75) is 6.92 Å². The molecule has 0 N–H and O–H groups in total. The Kier molecular flexibility index (Phi) is 3.37. The van der Waals surface area contributed by atoms with Gasteiger partial charge in [0.05, 0.1) is 12.2 Å². The van der Waals surface area contributed by atoms with Crippen LogP contribution in [0.5, 0.6) is 0 Å². The van der Waals surface area contributed by atoms with Gasteiger partial charge in [-0.25, -0.2) is 0 Å². The number of amides is 1. The van der Waals surface area contributed by atoms with Crippen molar-refractivity contribution in [3.8, 4) is 0 Å². The van der Waals surface area contributed by atoms with Crippen LogP contribution in [-0.2, 0) is 4.79 Å². The van der Waals surface area contributed by atoms with Gasteiger partial charge in [0, 0.05) is 19.6 Å². The molecule has 90 valence electrons. The zero-order valence-electron chi connectivity index (χ0n) is 9.80. The fourth-order valence-corrected chi connectivity index (χ4v) is 2.06. The third-order valence-corrected chi connectivity index (χ3v) is 3.02. The lowest BCUT2D eigenvalue weighted by atomic mass is 10.2. The number of carbonyl (C=O) groups excluding carboxylic acids is 1. The Bertz CT molecular complexity index is 434. The number of hydrogen-bond acceptors (Lipinski definition) is 4. The van der Waals surface area contributed by atoms with Gasteiger partial charge in [-0.1, -0.05) is 12.1 Å². The summed E-state index contributed by atoms with van der Waals surface area (Å²) < 4.78 is 0. The van der Waals surface area contributed by atoms with Gasteiger partial charge in [0.15, 0.2) is 0 Å². The van der Waals surface area contributed by atoms with Gasteiger partial charge in [0.25, 0.3) is 0 Å². The van der Waals surface area contributed by atoms with Crippen molar-refractivity contribution in [2.24, 2.45) is 5.18 Å². The van der Waals surface area contributed by atoms with Crippen LogP contribution < -0.4 is 4.90 Å². The van der Waals surface area contributed by atoms with Crippen LogP contribution in [0.15, 0.2) is 29.4 Å². The largest absolute Gasteiger partial charge is 0.359 e. The summed E-state index contributed by atoms with van der Waals surface area (Å²) in [6.45, 7) is 4.46. The highest BCUT2D eigenvalue weighted by atomic mass is 16.3. The minimum Gasteiger partial charge on any atom is -0.359 e. The van der Waals surface area contributed by atoms with E-state index in [9.17, 15) is 9.70 Å². The fraction of sp³-hybridized carbons (Fsp3) is 0.417. The van der Waals surface area contributed by atoms with Crippen LogP contribution in [0.1, 0.15) is 6.92 Å². The van der Waals surface area contributed by atoms with Crippen molar-refractivity contribution in [3.63, 3.8) is 0 Å². The predicted molar refractivity (Wildman–Crippen MR) is 66.4 cm³/mol. The van der Waals surface area contributed by atoms with E-state index in [4.69, 9.17) is 0 Å². The van der Waals surface area contributed by atoms with E-state index in [-0.39, 0.29) is 5.91 Å². The molecule has 0 unspecified atom stereocenters. The monoisotopic (exact) mass is 233 g/mol. The zero-order valence-corrected chi connectivity index (χ0v) is 9.80. The first kappa shape index (κ1) is 11.6. The number of piperazine rings is 1. The fourth-order valence-electron chi connectivity index (χ4n) is 2.06.